The van der Waals surface area contributed by atoms with Crippen LogP contribution in [0.25, 0.3) is 22.3 Å². The number of rotatable bonds is 5. The van der Waals surface area contributed by atoms with E-state index < -0.39 is 17.5 Å². The molecule has 3 N–H and O–H groups in total. The van der Waals surface area contributed by atoms with E-state index in [4.69, 9.17) is 17.3 Å². The van der Waals surface area contributed by atoms with Crippen molar-refractivity contribution in [2.75, 3.05) is 25.9 Å². The predicted molar refractivity (Wildman–Crippen MR) is 139 cm³/mol. The van der Waals surface area contributed by atoms with Gasteiger partial charge in [-0.2, -0.15) is 5.10 Å². The lowest BCUT2D eigenvalue weighted by Crippen LogP contribution is -2.40. The Morgan fingerprint density at radius 1 is 1.03 bits per heavy atom. The molecule has 0 aliphatic carbocycles. The summed E-state index contributed by atoms with van der Waals surface area (Å²) in [4.78, 5) is 19.4. The van der Waals surface area contributed by atoms with Gasteiger partial charge in [-0.15, -0.1) is 0 Å². The number of anilines is 1. The number of likely N-dealkylation sites (N-methyl/N-ethyl adjacent to an activating group) is 1. The predicted octanol–water partition coefficient (Wildman–Crippen LogP) is 4.49. The van der Waals surface area contributed by atoms with Crippen LogP contribution in [0.5, 0.6) is 0 Å². The zero-order valence-corrected chi connectivity index (χ0v) is 21.0. The first-order valence-corrected chi connectivity index (χ1v) is 12.1. The number of halogens is 3. The average Bonchev–Trinajstić information content (AvgIpc) is 3.46. The van der Waals surface area contributed by atoms with E-state index in [1.165, 1.54) is 18.2 Å². The molecule has 0 saturated carbocycles. The summed E-state index contributed by atoms with van der Waals surface area (Å²) in [5.41, 5.74) is 9.53. The number of hydrogen-bond donors (Lipinski definition) is 2. The quantitative estimate of drug-likeness (QED) is 0.403. The maximum atomic E-state index is 15.2. The third-order valence-electron chi connectivity index (χ3n) is 6.67. The second kappa shape index (κ2) is 9.91. The number of carbonyl (C=O) groups excluding carboxylic acids is 1. The van der Waals surface area contributed by atoms with Gasteiger partial charge >= 0.3 is 0 Å². The van der Waals surface area contributed by atoms with E-state index in [1.54, 1.807) is 35.3 Å². The third-order valence-corrected chi connectivity index (χ3v) is 6.96. The van der Waals surface area contributed by atoms with Crippen molar-refractivity contribution in [3.8, 4) is 22.3 Å². The molecule has 1 fully saturated rings. The molecular weight excluding hydrogens is 498 g/mol. The Morgan fingerprint density at radius 3 is 2.54 bits per heavy atom. The molecule has 2 aromatic heterocycles. The Hall–Kier alpha value is -3.82. The van der Waals surface area contributed by atoms with Crippen LogP contribution in [0.1, 0.15) is 21.8 Å². The Kier molecular flexibility index (Phi) is 6.66. The van der Waals surface area contributed by atoms with Crippen molar-refractivity contribution in [3.05, 3.63) is 88.8 Å². The molecule has 7 nitrogen and oxygen atoms in total. The number of nitrogens with zero attached hydrogens (tertiary/aromatic N) is 4. The molecule has 37 heavy (non-hydrogen) atoms. The van der Waals surface area contributed by atoms with E-state index in [0.29, 0.717) is 24.2 Å². The van der Waals surface area contributed by atoms with Crippen LogP contribution in [0, 0.1) is 11.6 Å². The number of aromatic nitrogens is 3. The minimum Gasteiger partial charge on any atom is -0.383 e. The minimum atomic E-state index is -0.672. The first-order chi connectivity index (χ1) is 17.7. The fourth-order valence-corrected chi connectivity index (χ4v) is 4.96. The lowest BCUT2D eigenvalue weighted by molar-refractivity contribution is 0.0931. The normalized spacial score (nSPS) is 17.8. The highest BCUT2D eigenvalue weighted by Gasteiger charge is 2.34. The van der Waals surface area contributed by atoms with Crippen molar-refractivity contribution in [3.63, 3.8) is 0 Å². The molecular formula is C27H25ClF2N6O. The van der Waals surface area contributed by atoms with Gasteiger partial charge in [0.1, 0.15) is 17.5 Å². The molecule has 3 heterocycles. The van der Waals surface area contributed by atoms with Crippen molar-refractivity contribution >= 4 is 23.3 Å². The highest BCUT2D eigenvalue weighted by atomic mass is 35.5. The number of amides is 1. The van der Waals surface area contributed by atoms with Gasteiger partial charge in [0, 0.05) is 61.2 Å². The van der Waals surface area contributed by atoms with Crippen molar-refractivity contribution in [2.45, 2.75) is 12.0 Å². The van der Waals surface area contributed by atoms with Crippen LogP contribution in [-0.2, 0) is 7.05 Å². The number of hydrogen-bond acceptors (Lipinski definition) is 5. The Morgan fingerprint density at radius 2 is 1.84 bits per heavy atom. The number of benzene rings is 2. The van der Waals surface area contributed by atoms with Gasteiger partial charge in [-0.3, -0.25) is 9.48 Å². The smallest absolute Gasteiger partial charge is 0.254 e. The molecule has 0 bridgehead atoms. The van der Waals surface area contributed by atoms with Gasteiger partial charge in [0.05, 0.1) is 16.8 Å². The standard InChI is InChI=1S/C27H25ClF2N6O/c1-35-13-21(15-4-6-23(29)22(28)8-15)25(14-35)34-27(37)19-5-3-16(9-24(19)30)20-7-17(10-32-26(20)31)18-11-33-36(2)12-18/h3-12,21,25H,13-14H2,1-2H3,(H2,31,32)(H,34,37). The molecule has 2 unspecified atom stereocenters. The van der Waals surface area contributed by atoms with Gasteiger partial charge in [0.25, 0.3) is 5.91 Å². The molecule has 1 amide bonds. The average molecular weight is 523 g/mol. The summed E-state index contributed by atoms with van der Waals surface area (Å²) in [5, 5.41) is 7.15. The van der Waals surface area contributed by atoms with E-state index in [1.807, 2.05) is 26.4 Å². The fraction of sp³-hybridized carbons (Fsp3) is 0.222. The molecule has 4 aromatic rings. The zero-order valence-electron chi connectivity index (χ0n) is 20.3. The molecule has 0 radical (unpaired) electrons. The van der Waals surface area contributed by atoms with Crippen LogP contribution in [0.15, 0.2) is 61.1 Å². The topological polar surface area (TPSA) is 89.1 Å². The summed E-state index contributed by atoms with van der Waals surface area (Å²) in [6, 6.07) is 10.5. The number of nitrogen functional groups attached to an aromatic ring is 1. The number of pyridine rings is 1. The summed E-state index contributed by atoms with van der Waals surface area (Å²) in [6.07, 6.45) is 5.19. The summed E-state index contributed by atoms with van der Waals surface area (Å²) in [6.45, 7) is 1.21. The van der Waals surface area contributed by atoms with Crippen molar-refractivity contribution in [1.82, 2.24) is 25.0 Å². The summed E-state index contributed by atoms with van der Waals surface area (Å²) < 4.78 is 30.5. The van der Waals surface area contributed by atoms with Crippen molar-refractivity contribution in [2.24, 2.45) is 7.05 Å². The van der Waals surface area contributed by atoms with Gasteiger partial charge < -0.3 is 16.0 Å². The molecule has 10 heteroatoms. The number of nitrogens with one attached hydrogen (secondary N) is 1. The first-order valence-electron chi connectivity index (χ1n) is 11.7. The van der Waals surface area contributed by atoms with Crippen molar-refractivity contribution in [1.29, 1.82) is 0 Å². The minimum absolute atomic E-state index is 0.0279. The SMILES string of the molecule is CN1CC(NC(=O)c2ccc(-c3cc(-c4cnn(C)c4)cnc3N)cc2F)C(c2ccc(F)c(Cl)c2)C1. The van der Waals surface area contributed by atoms with Gasteiger partial charge in [0.2, 0.25) is 0 Å². The second-order valence-corrected chi connectivity index (χ2v) is 9.74. The number of carbonyl (C=O) groups is 1. The largest absolute Gasteiger partial charge is 0.383 e. The van der Waals surface area contributed by atoms with Crippen LogP contribution in [-0.4, -0.2) is 51.8 Å². The van der Waals surface area contributed by atoms with Crippen molar-refractivity contribution < 1.29 is 13.6 Å². The van der Waals surface area contributed by atoms with Crippen LogP contribution >= 0.6 is 11.6 Å². The fourth-order valence-electron chi connectivity index (χ4n) is 4.78. The zero-order chi connectivity index (χ0) is 26.3. The molecule has 1 aliphatic rings. The van der Waals surface area contributed by atoms with E-state index >= 15 is 4.39 Å². The summed E-state index contributed by atoms with van der Waals surface area (Å²) in [7, 11) is 3.74. The lowest BCUT2D eigenvalue weighted by atomic mass is 9.94. The number of likely N-dealkylation sites (tertiary alicyclic amines) is 1. The van der Waals surface area contributed by atoms with Gasteiger partial charge in [-0.1, -0.05) is 23.7 Å². The highest BCUT2D eigenvalue weighted by Crippen LogP contribution is 2.32. The van der Waals surface area contributed by atoms with Gasteiger partial charge in [-0.25, -0.2) is 13.8 Å². The Bertz CT molecular complexity index is 1490. The highest BCUT2D eigenvalue weighted by molar-refractivity contribution is 6.30. The Labute approximate surface area is 217 Å². The molecule has 2 aromatic carbocycles. The lowest BCUT2D eigenvalue weighted by Gasteiger charge is -2.21. The second-order valence-electron chi connectivity index (χ2n) is 9.34. The first kappa shape index (κ1) is 24.9. The van der Waals surface area contributed by atoms with Crippen LogP contribution in [0.2, 0.25) is 5.02 Å². The molecule has 2 atom stereocenters. The molecule has 0 spiro atoms. The molecule has 5 rings (SSSR count). The van der Waals surface area contributed by atoms with Crippen LogP contribution < -0.4 is 11.1 Å². The third kappa shape index (κ3) is 5.05. The Balaban J connectivity index is 1.38. The summed E-state index contributed by atoms with van der Waals surface area (Å²) in [5.74, 6) is -1.57. The monoisotopic (exact) mass is 522 g/mol. The van der Waals surface area contributed by atoms with E-state index in [0.717, 1.165) is 16.7 Å². The van der Waals surface area contributed by atoms with Crippen LogP contribution in [0.4, 0.5) is 14.6 Å². The summed E-state index contributed by atoms with van der Waals surface area (Å²) >= 11 is 5.98. The van der Waals surface area contributed by atoms with Crippen LogP contribution in [0.3, 0.4) is 0 Å². The van der Waals surface area contributed by atoms with Gasteiger partial charge in [0.15, 0.2) is 0 Å². The molecule has 1 saturated heterocycles. The van der Waals surface area contributed by atoms with E-state index in [9.17, 15) is 9.18 Å². The molecule has 1 aliphatic heterocycles. The number of aryl methyl sites for hydroxylation is 1. The van der Waals surface area contributed by atoms with Gasteiger partial charge in [-0.05, 0) is 48.5 Å². The van der Waals surface area contributed by atoms with E-state index in [2.05, 4.69) is 20.3 Å². The maximum Gasteiger partial charge on any atom is 0.254 e. The number of nitrogens with two attached hydrogens (primary N) is 1. The molecule has 190 valence electrons. The van der Waals surface area contributed by atoms with E-state index in [-0.39, 0.29) is 28.4 Å². The maximum absolute atomic E-state index is 15.2.